The molecule has 1 aromatic rings. The molecular formula is C19H28N2O3. The van der Waals surface area contributed by atoms with Crippen LogP contribution < -0.4 is 5.32 Å². The van der Waals surface area contributed by atoms with E-state index in [0.29, 0.717) is 31.6 Å². The summed E-state index contributed by atoms with van der Waals surface area (Å²) in [4.78, 5) is 26.8. The largest absolute Gasteiger partial charge is 0.393 e. The molecule has 1 aliphatic rings. The molecule has 0 unspecified atom stereocenters. The first-order chi connectivity index (χ1) is 11.4. The third-order valence-electron chi connectivity index (χ3n) is 4.41. The summed E-state index contributed by atoms with van der Waals surface area (Å²) in [7, 11) is 0. The minimum absolute atomic E-state index is 0.00304. The fraction of sp³-hybridized carbons (Fsp3) is 0.579. The van der Waals surface area contributed by atoms with Crippen LogP contribution in [0.3, 0.4) is 0 Å². The Kier molecular flexibility index (Phi) is 6.37. The number of aliphatic hydroxyl groups is 1. The average Bonchev–Trinajstić information content (AvgIpc) is 2.53. The number of aryl methyl sites for hydroxylation is 2. The number of nitrogens with zero attached hydrogens (tertiary/aromatic N) is 1. The maximum atomic E-state index is 12.7. The second kappa shape index (κ2) is 8.29. The predicted molar refractivity (Wildman–Crippen MR) is 93.9 cm³/mol. The summed E-state index contributed by atoms with van der Waals surface area (Å²) >= 11 is 0. The topological polar surface area (TPSA) is 69.6 Å². The lowest BCUT2D eigenvalue weighted by Crippen LogP contribution is -2.45. The molecule has 24 heavy (non-hydrogen) atoms. The Morgan fingerprint density at radius 2 is 1.96 bits per heavy atom. The standard InChI is InChI=1S/C19H28N2O3/c1-13-9-14(2)11-17(10-13)19(24)21-8-4-5-16(12-21)18(23)20-7-6-15(3)22/h9-11,15-16,22H,4-8,12H2,1-3H3,(H,20,23)/t15-,16-/m0/s1. The molecule has 5 nitrogen and oxygen atoms in total. The summed E-state index contributed by atoms with van der Waals surface area (Å²) in [5.41, 5.74) is 2.84. The number of piperidine rings is 1. The van der Waals surface area contributed by atoms with E-state index in [1.165, 1.54) is 0 Å². The zero-order valence-electron chi connectivity index (χ0n) is 14.8. The van der Waals surface area contributed by atoms with Gasteiger partial charge in [0.1, 0.15) is 0 Å². The lowest BCUT2D eigenvalue weighted by molar-refractivity contribution is -0.126. The molecule has 1 heterocycles. The summed E-state index contributed by atoms with van der Waals surface area (Å²) in [6.07, 6.45) is 1.77. The highest BCUT2D eigenvalue weighted by atomic mass is 16.3. The molecule has 5 heteroatoms. The lowest BCUT2D eigenvalue weighted by atomic mass is 9.96. The van der Waals surface area contributed by atoms with E-state index in [-0.39, 0.29) is 17.7 Å². The first kappa shape index (κ1) is 18.5. The monoisotopic (exact) mass is 332 g/mol. The van der Waals surface area contributed by atoms with Crippen LogP contribution in [0.15, 0.2) is 18.2 Å². The Balaban J connectivity index is 1.96. The summed E-state index contributed by atoms with van der Waals surface area (Å²) in [5.74, 6) is -0.181. The molecule has 0 aliphatic carbocycles. The number of likely N-dealkylation sites (tertiary alicyclic amines) is 1. The predicted octanol–water partition coefficient (Wildman–Crippen LogP) is 2.04. The van der Waals surface area contributed by atoms with Crippen LogP contribution in [0.4, 0.5) is 0 Å². The molecule has 1 fully saturated rings. The van der Waals surface area contributed by atoms with Crippen molar-refractivity contribution in [1.82, 2.24) is 10.2 Å². The van der Waals surface area contributed by atoms with Gasteiger partial charge in [0.2, 0.25) is 5.91 Å². The summed E-state index contributed by atoms with van der Waals surface area (Å²) in [5, 5.41) is 12.1. The minimum Gasteiger partial charge on any atom is -0.393 e. The van der Waals surface area contributed by atoms with Gasteiger partial charge in [-0.3, -0.25) is 9.59 Å². The number of hydrogen-bond donors (Lipinski definition) is 2. The van der Waals surface area contributed by atoms with E-state index >= 15 is 0 Å². The molecule has 132 valence electrons. The molecule has 2 atom stereocenters. The highest BCUT2D eigenvalue weighted by molar-refractivity contribution is 5.95. The van der Waals surface area contributed by atoms with Gasteiger partial charge in [0.05, 0.1) is 12.0 Å². The molecule has 1 saturated heterocycles. The van der Waals surface area contributed by atoms with Crippen molar-refractivity contribution in [2.45, 2.75) is 46.1 Å². The maximum absolute atomic E-state index is 12.7. The van der Waals surface area contributed by atoms with E-state index in [1.807, 2.05) is 32.0 Å². The zero-order valence-corrected chi connectivity index (χ0v) is 14.8. The van der Waals surface area contributed by atoms with Crippen molar-refractivity contribution in [3.05, 3.63) is 34.9 Å². The van der Waals surface area contributed by atoms with E-state index in [9.17, 15) is 14.7 Å². The Morgan fingerprint density at radius 1 is 1.29 bits per heavy atom. The van der Waals surface area contributed by atoms with Crippen molar-refractivity contribution >= 4 is 11.8 Å². The zero-order chi connectivity index (χ0) is 17.7. The summed E-state index contributed by atoms with van der Waals surface area (Å²) in [6.45, 7) is 7.31. The molecule has 2 amide bonds. The second-order valence-corrected chi connectivity index (χ2v) is 6.90. The van der Waals surface area contributed by atoms with Crippen LogP contribution in [0.25, 0.3) is 0 Å². The van der Waals surface area contributed by atoms with Crippen molar-refractivity contribution in [2.24, 2.45) is 5.92 Å². The van der Waals surface area contributed by atoms with Gasteiger partial charge in [-0.15, -0.1) is 0 Å². The van der Waals surface area contributed by atoms with E-state index in [0.717, 1.165) is 24.0 Å². The van der Waals surface area contributed by atoms with Gasteiger partial charge in [-0.05, 0) is 52.2 Å². The molecule has 1 aromatic carbocycles. The normalized spacial score (nSPS) is 19.0. The molecule has 2 N–H and O–H groups in total. The number of hydrogen-bond acceptors (Lipinski definition) is 3. The van der Waals surface area contributed by atoms with Crippen molar-refractivity contribution < 1.29 is 14.7 Å². The van der Waals surface area contributed by atoms with E-state index in [1.54, 1.807) is 11.8 Å². The van der Waals surface area contributed by atoms with Gasteiger partial charge in [0.15, 0.2) is 0 Å². The Hall–Kier alpha value is -1.88. The Morgan fingerprint density at radius 3 is 2.58 bits per heavy atom. The van der Waals surface area contributed by atoms with E-state index < -0.39 is 6.10 Å². The highest BCUT2D eigenvalue weighted by Gasteiger charge is 2.28. The van der Waals surface area contributed by atoms with E-state index in [4.69, 9.17) is 0 Å². The number of carbonyl (C=O) groups excluding carboxylic acids is 2. The van der Waals surface area contributed by atoms with Crippen molar-refractivity contribution in [2.75, 3.05) is 19.6 Å². The first-order valence-corrected chi connectivity index (χ1v) is 8.70. The average molecular weight is 332 g/mol. The molecule has 0 radical (unpaired) electrons. The van der Waals surface area contributed by atoms with Crippen LogP contribution in [0.1, 0.15) is 47.7 Å². The third-order valence-corrected chi connectivity index (χ3v) is 4.41. The quantitative estimate of drug-likeness (QED) is 0.867. The molecular weight excluding hydrogens is 304 g/mol. The molecule has 0 saturated carbocycles. The van der Waals surface area contributed by atoms with Gasteiger partial charge in [-0.1, -0.05) is 17.2 Å². The van der Waals surface area contributed by atoms with Crippen LogP contribution >= 0.6 is 0 Å². The van der Waals surface area contributed by atoms with Gasteiger partial charge in [0, 0.05) is 25.2 Å². The number of nitrogens with one attached hydrogen (secondary N) is 1. The highest BCUT2D eigenvalue weighted by Crippen LogP contribution is 2.20. The molecule has 0 spiro atoms. The van der Waals surface area contributed by atoms with Crippen LogP contribution in [0.2, 0.25) is 0 Å². The molecule has 0 bridgehead atoms. The van der Waals surface area contributed by atoms with Gasteiger partial charge >= 0.3 is 0 Å². The lowest BCUT2D eigenvalue weighted by Gasteiger charge is -2.32. The summed E-state index contributed by atoms with van der Waals surface area (Å²) < 4.78 is 0. The van der Waals surface area contributed by atoms with Crippen molar-refractivity contribution in [3.63, 3.8) is 0 Å². The Labute approximate surface area is 144 Å². The molecule has 0 aromatic heterocycles. The first-order valence-electron chi connectivity index (χ1n) is 8.70. The number of benzene rings is 1. The van der Waals surface area contributed by atoms with Gasteiger partial charge in [-0.25, -0.2) is 0 Å². The van der Waals surface area contributed by atoms with Crippen LogP contribution in [0.5, 0.6) is 0 Å². The number of aliphatic hydroxyl groups excluding tert-OH is 1. The van der Waals surface area contributed by atoms with Crippen LogP contribution in [-0.2, 0) is 4.79 Å². The van der Waals surface area contributed by atoms with Crippen LogP contribution in [-0.4, -0.2) is 47.6 Å². The van der Waals surface area contributed by atoms with E-state index in [2.05, 4.69) is 5.32 Å². The van der Waals surface area contributed by atoms with Crippen molar-refractivity contribution in [1.29, 1.82) is 0 Å². The Bertz CT molecular complexity index is 578. The smallest absolute Gasteiger partial charge is 0.253 e. The molecule has 1 aliphatic heterocycles. The SMILES string of the molecule is Cc1cc(C)cc(C(=O)N2CCC[C@H](C(=O)NCC[C@H](C)O)C2)c1. The summed E-state index contributed by atoms with van der Waals surface area (Å²) in [6, 6.07) is 5.86. The fourth-order valence-electron chi connectivity index (χ4n) is 3.20. The van der Waals surface area contributed by atoms with Crippen LogP contribution in [0, 0.1) is 19.8 Å². The molecule has 2 rings (SSSR count). The maximum Gasteiger partial charge on any atom is 0.253 e. The number of amides is 2. The number of carbonyl (C=O) groups is 2. The number of rotatable bonds is 5. The fourth-order valence-corrected chi connectivity index (χ4v) is 3.20. The third kappa shape index (κ3) is 5.06. The van der Waals surface area contributed by atoms with Gasteiger partial charge < -0.3 is 15.3 Å². The minimum atomic E-state index is -0.417. The van der Waals surface area contributed by atoms with Gasteiger partial charge in [0.25, 0.3) is 5.91 Å². The second-order valence-electron chi connectivity index (χ2n) is 6.90. The van der Waals surface area contributed by atoms with Crippen molar-refractivity contribution in [3.8, 4) is 0 Å². The van der Waals surface area contributed by atoms with Gasteiger partial charge in [-0.2, -0.15) is 0 Å².